The lowest BCUT2D eigenvalue weighted by Gasteiger charge is -2.34. The van der Waals surface area contributed by atoms with Gasteiger partial charge in [0.2, 0.25) is 11.8 Å². The summed E-state index contributed by atoms with van der Waals surface area (Å²) in [6.45, 7) is 5.89. The van der Waals surface area contributed by atoms with Gasteiger partial charge in [0.1, 0.15) is 16.9 Å². The molecule has 2 amide bonds. The molecule has 1 aliphatic rings. The first-order valence-electron chi connectivity index (χ1n) is 12.9. The predicted octanol–water partition coefficient (Wildman–Crippen LogP) is 4.36. The maximum atomic E-state index is 14.3. The van der Waals surface area contributed by atoms with Crippen LogP contribution in [0, 0.1) is 11.7 Å². The predicted molar refractivity (Wildman–Crippen MR) is 145 cm³/mol. The van der Waals surface area contributed by atoms with Gasteiger partial charge in [-0.1, -0.05) is 37.3 Å². The van der Waals surface area contributed by atoms with Gasteiger partial charge in [0.25, 0.3) is 0 Å². The van der Waals surface area contributed by atoms with Crippen LogP contribution in [0.25, 0.3) is 22.0 Å². The fraction of sp³-hybridized carbons (Fsp3) is 0.464. The van der Waals surface area contributed by atoms with Crippen LogP contribution in [0.15, 0.2) is 41.8 Å². The molecular formula is C28H35FN4O3S. The molecule has 2 N–H and O–H groups in total. The molecule has 1 aliphatic heterocycles. The highest BCUT2D eigenvalue weighted by Crippen LogP contribution is 2.31. The van der Waals surface area contributed by atoms with E-state index in [-0.39, 0.29) is 23.5 Å². The van der Waals surface area contributed by atoms with E-state index in [9.17, 15) is 14.0 Å². The van der Waals surface area contributed by atoms with Gasteiger partial charge < -0.3 is 20.3 Å². The largest absolute Gasteiger partial charge is 0.381 e. The summed E-state index contributed by atoms with van der Waals surface area (Å²) in [6, 6.07) is 9.58. The average Bonchev–Trinajstić information content (AvgIpc) is 3.39. The van der Waals surface area contributed by atoms with Crippen molar-refractivity contribution in [3.8, 4) is 11.3 Å². The Labute approximate surface area is 221 Å². The van der Waals surface area contributed by atoms with Gasteiger partial charge >= 0.3 is 0 Å². The van der Waals surface area contributed by atoms with Crippen LogP contribution in [0.1, 0.15) is 38.1 Å². The molecule has 37 heavy (non-hydrogen) atoms. The number of fused-ring (bicyclic) bond motifs is 1. The lowest BCUT2D eigenvalue weighted by Crippen LogP contribution is -2.56. The quantitative estimate of drug-likeness (QED) is 0.410. The van der Waals surface area contributed by atoms with E-state index in [0.717, 1.165) is 40.9 Å². The summed E-state index contributed by atoms with van der Waals surface area (Å²) in [6.07, 6.45) is 2.24. The molecule has 2 aromatic carbocycles. The number of carbonyl (C=O) groups is 2. The zero-order valence-corrected chi connectivity index (χ0v) is 22.4. The van der Waals surface area contributed by atoms with Crippen LogP contribution in [-0.2, 0) is 20.9 Å². The zero-order chi connectivity index (χ0) is 26.4. The Hall–Kier alpha value is -2.88. The van der Waals surface area contributed by atoms with Crippen molar-refractivity contribution in [2.24, 2.45) is 5.92 Å². The van der Waals surface area contributed by atoms with Crippen molar-refractivity contribution in [1.82, 2.24) is 20.5 Å². The minimum Gasteiger partial charge on any atom is -0.381 e. The number of rotatable bonds is 10. The first-order valence-corrected chi connectivity index (χ1v) is 13.8. The lowest BCUT2D eigenvalue weighted by molar-refractivity contribution is -0.140. The van der Waals surface area contributed by atoms with Gasteiger partial charge in [0, 0.05) is 36.1 Å². The van der Waals surface area contributed by atoms with Gasteiger partial charge in [-0.2, -0.15) is 0 Å². The van der Waals surface area contributed by atoms with E-state index in [0.29, 0.717) is 31.7 Å². The Bertz CT molecular complexity index is 1230. The fourth-order valence-corrected chi connectivity index (χ4v) is 5.55. The molecule has 2 atom stereocenters. The number of thiazole rings is 1. The van der Waals surface area contributed by atoms with Gasteiger partial charge in [-0.25, -0.2) is 9.37 Å². The fourth-order valence-electron chi connectivity index (χ4n) is 4.74. The molecule has 1 unspecified atom stereocenters. The molecule has 0 aliphatic carbocycles. The van der Waals surface area contributed by atoms with Crippen molar-refractivity contribution in [2.75, 3.05) is 26.8 Å². The Morgan fingerprint density at radius 2 is 1.92 bits per heavy atom. The Morgan fingerprint density at radius 3 is 2.65 bits per heavy atom. The van der Waals surface area contributed by atoms with Gasteiger partial charge in [0.05, 0.1) is 18.3 Å². The number of benzene rings is 2. The average molecular weight is 527 g/mol. The summed E-state index contributed by atoms with van der Waals surface area (Å²) in [4.78, 5) is 33.2. The third-order valence-corrected chi connectivity index (χ3v) is 7.79. The van der Waals surface area contributed by atoms with Crippen LogP contribution in [0.5, 0.6) is 0 Å². The highest BCUT2D eigenvalue weighted by Gasteiger charge is 2.35. The molecule has 1 saturated heterocycles. The van der Waals surface area contributed by atoms with Crippen molar-refractivity contribution >= 4 is 33.9 Å². The first kappa shape index (κ1) is 27.2. The molecule has 0 saturated carbocycles. The van der Waals surface area contributed by atoms with Gasteiger partial charge in [0.15, 0.2) is 0 Å². The van der Waals surface area contributed by atoms with E-state index < -0.39 is 12.1 Å². The van der Waals surface area contributed by atoms with E-state index in [1.165, 1.54) is 17.4 Å². The van der Waals surface area contributed by atoms with E-state index in [1.54, 1.807) is 31.0 Å². The summed E-state index contributed by atoms with van der Waals surface area (Å²) < 4.78 is 19.8. The zero-order valence-electron chi connectivity index (χ0n) is 21.6. The molecule has 0 spiro atoms. The van der Waals surface area contributed by atoms with Crippen molar-refractivity contribution in [1.29, 1.82) is 0 Å². The number of carbonyl (C=O) groups excluding carboxylic acids is 2. The molecule has 9 heteroatoms. The number of likely N-dealkylation sites (N-methyl/N-ethyl adjacent to an activating group) is 1. The first-order chi connectivity index (χ1) is 17.9. The Balaban J connectivity index is 1.57. The molecule has 1 aromatic heterocycles. The number of ether oxygens (including phenoxy) is 1. The second kappa shape index (κ2) is 12.6. The summed E-state index contributed by atoms with van der Waals surface area (Å²) >= 11 is 1.48. The summed E-state index contributed by atoms with van der Waals surface area (Å²) in [7, 11) is 1.73. The summed E-state index contributed by atoms with van der Waals surface area (Å²) in [5, 5.41) is 10.1. The standard InChI is InChI=1S/C28H35FN4O3S/c1-4-13-33(28(35)26(19-11-14-36-15-12-19)32-27(34)18(2)30-3)16-25-31-24(17-37-25)22-9-5-8-21-20(22)7-6-10-23(21)29/h5-10,17-19,26,30H,4,11-16H2,1-3H3,(H,32,34)/t18-,26?/m0/s1. The van der Waals surface area contributed by atoms with Crippen LogP contribution in [0.4, 0.5) is 4.39 Å². The molecular weight excluding hydrogens is 491 g/mol. The molecule has 2 heterocycles. The molecule has 0 radical (unpaired) electrons. The Kier molecular flexibility index (Phi) is 9.23. The molecule has 198 valence electrons. The molecule has 1 fully saturated rings. The molecule has 7 nitrogen and oxygen atoms in total. The number of nitrogens with one attached hydrogen (secondary N) is 2. The number of amides is 2. The van der Waals surface area contributed by atoms with E-state index in [2.05, 4.69) is 10.6 Å². The maximum absolute atomic E-state index is 14.3. The van der Waals surface area contributed by atoms with Crippen LogP contribution >= 0.6 is 11.3 Å². The minimum absolute atomic E-state index is 0.0195. The van der Waals surface area contributed by atoms with Crippen molar-refractivity contribution in [3.05, 3.63) is 52.6 Å². The topological polar surface area (TPSA) is 83.6 Å². The van der Waals surface area contributed by atoms with E-state index >= 15 is 0 Å². The summed E-state index contributed by atoms with van der Waals surface area (Å²) in [5.74, 6) is -0.521. The van der Waals surface area contributed by atoms with Crippen LogP contribution in [0.3, 0.4) is 0 Å². The molecule has 4 rings (SSSR count). The summed E-state index contributed by atoms with van der Waals surface area (Å²) in [5.41, 5.74) is 1.62. The van der Waals surface area contributed by atoms with E-state index in [1.807, 2.05) is 30.5 Å². The number of hydrogen-bond acceptors (Lipinski definition) is 6. The highest BCUT2D eigenvalue weighted by molar-refractivity contribution is 7.10. The van der Waals surface area contributed by atoms with Crippen molar-refractivity contribution in [2.45, 2.75) is 51.7 Å². The molecule has 3 aromatic rings. The SMILES string of the molecule is CCCN(Cc1nc(-c2cccc3c(F)cccc23)cs1)C(=O)C(NC(=O)[C@H](C)NC)C1CCOCC1. The number of nitrogens with zero attached hydrogens (tertiary/aromatic N) is 2. The second-order valence-electron chi connectivity index (χ2n) is 9.47. The minimum atomic E-state index is -0.612. The number of hydrogen-bond donors (Lipinski definition) is 2. The Morgan fingerprint density at radius 1 is 1.19 bits per heavy atom. The van der Waals surface area contributed by atoms with Gasteiger partial charge in [-0.05, 0) is 50.6 Å². The van der Waals surface area contributed by atoms with Crippen LogP contribution < -0.4 is 10.6 Å². The van der Waals surface area contributed by atoms with Gasteiger partial charge in [-0.3, -0.25) is 9.59 Å². The lowest BCUT2D eigenvalue weighted by atomic mass is 9.90. The third kappa shape index (κ3) is 6.34. The highest BCUT2D eigenvalue weighted by atomic mass is 32.1. The van der Waals surface area contributed by atoms with Crippen molar-refractivity contribution in [3.63, 3.8) is 0 Å². The van der Waals surface area contributed by atoms with E-state index in [4.69, 9.17) is 9.72 Å². The van der Waals surface area contributed by atoms with Crippen LogP contribution in [0.2, 0.25) is 0 Å². The number of halogens is 1. The van der Waals surface area contributed by atoms with Gasteiger partial charge in [-0.15, -0.1) is 11.3 Å². The van der Waals surface area contributed by atoms with Crippen molar-refractivity contribution < 1.29 is 18.7 Å². The maximum Gasteiger partial charge on any atom is 0.245 e. The normalized spacial score (nSPS) is 15.9. The third-order valence-electron chi connectivity index (χ3n) is 6.96. The van der Waals surface area contributed by atoms with Crippen LogP contribution in [-0.4, -0.2) is 60.6 Å². The molecule has 0 bridgehead atoms. The smallest absolute Gasteiger partial charge is 0.245 e. The monoisotopic (exact) mass is 526 g/mol. The number of aromatic nitrogens is 1. The second-order valence-corrected chi connectivity index (χ2v) is 10.4.